The molecule has 9 heteroatoms. The molecule has 3 rings (SSSR count). The second-order valence-electron chi connectivity index (χ2n) is 4.29. The predicted octanol–water partition coefficient (Wildman–Crippen LogP) is 1.07. The summed E-state index contributed by atoms with van der Waals surface area (Å²) in [5.41, 5.74) is 1.29. The van der Waals surface area contributed by atoms with E-state index in [1.807, 2.05) is 0 Å². The topological polar surface area (TPSA) is 103 Å². The first-order valence-corrected chi connectivity index (χ1v) is 7.20. The third-order valence-corrected chi connectivity index (χ3v) is 4.17. The molecule has 1 N–H and O–H groups in total. The third-order valence-electron chi connectivity index (χ3n) is 2.78. The Bertz CT molecular complexity index is 880. The molecule has 0 fully saturated rings. The molecule has 0 saturated heterocycles. The average Bonchev–Trinajstić information content (AvgIpc) is 2.95. The fourth-order valence-corrected chi connectivity index (χ4v) is 3.13. The molecule has 0 bridgehead atoms. The lowest BCUT2D eigenvalue weighted by Crippen LogP contribution is -2.15. The number of anilines is 1. The predicted molar refractivity (Wildman–Crippen MR) is 70.6 cm³/mol. The first-order chi connectivity index (χ1) is 9.47. The van der Waals surface area contributed by atoms with Crippen molar-refractivity contribution in [2.75, 3.05) is 4.72 Å². The summed E-state index contributed by atoms with van der Waals surface area (Å²) in [6, 6.07) is 6.28. The Kier molecular flexibility index (Phi) is 2.71. The van der Waals surface area contributed by atoms with Crippen LogP contribution in [-0.4, -0.2) is 28.5 Å². The lowest BCUT2D eigenvalue weighted by molar-refractivity contribution is 0.315. The van der Waals surface area contributed by atoms with E-state index in [0.717, 1.165) is 0 Å². The lowest BCUT2D eigenvalue weighted by atomic mass is 10.3. The van der Waals surface area contributed by atoms with Gasteiger partial charge in [-0.05, 0) is 29.4 Å². The van der Waals surface area contributed by atoms with E-state index in [1.54, 1.807) is 32.2 Å². The van der Waals surface area contributed by atoms with Gasteiger partial charge >= 0.3 is 0 Å². The van der Waals surface area contributed by atoms with Gasteiger partial charge in [0.05, 0.1) is 5.69 Å². The van der Waals surface area contributed by atoms with Crippen LogP contribution in [-0.2, 0) is 17.1 Å². The number of hydrogen-bond donors (Lipinski definition) is 1. The minimum atomic E-state index is -3.79. The van der Waals surface area contributed by atoms with Crippen molar-refractivity contribution in [1.82, 2.24) is 20.1 Å². The van der Waals surface area contributed by atoms with Crippen LogP contribution in [0.3, 0.4) is 0 Å². The maximum atomic E-state index is 12.4. The largest absolute Gasteiger partial charge is 0.265 e. The monoisotopic (exact) mass is 293 g/mol. The fourth-order valence-electron chi connectivity index (χ4n) is 1.90. The molecule has 2 heterocycles. The summed E-state index contributed by atoms with van der Waals surface area (Å²) in [6.45, 7) is 1.78. The maximum absolute atomic E-state index is 12.4. The van der Waals surface area contributed by atoms with Crippen LogP contribution < -0.4 is 4.72 Å². The third kappa shape index (κ3) is 2.01. The van der Waals surface area contributed by atoms with E-state index < -0.39 is 10.0 Å². The summed E-state index contributed by atoms with van der Waals surface area (Å²) >= 11 is 0. The number of fused-ring (bicyclic) bond motifs is 1. The van der Waals surface area contributed by atoms with E-state index in [-0.39, 0.29) is 10.4 Å². The molecule has 0 aliphatic carbocycles. The van der Waals surface area contributed by atoms with Gasteiger partial charge in [0.1, 0.15) is 16.2 Å². The summed E-state index contributed by atoms with van der Waals surface area (Å²) < 4.78 is 33.3. The standard InChI is InChI=1S/C11H11N5O3S/c1-7-6-10(16(2)12-7)15-20(17,18)9-5-3-4-8-11(9)14-19-13-8/h3-6,15H,1-2H3. The van der Waals surface area contributed by atoms with Crippen molar-refractivity contribution in [2.24, 2.45) is 7.05 Å². The zero-order valence-electron chi connectivity index (χ0n) is 10.7. The van der Waals surface area contributed by atoms with Gasteiger partial charge in [-0.1, -0.05) is 6.07 Å². The van der Waals surface area contributed by atoms with Gasteiger partial charge < -0.3 is 0 Å². The van der Waals surface area contributed by atoms with Crippen LogP contribution in [0.1, 0.15) is 5.69 Å². The van der Waals surface area contributed by atoms with Crippen LogP contribution in [0.4, 0.5) is 5.82 Å². The van der Waals surface area contributed by atoms with Crippen molar-refractivity contribution in [3.05, 3.63) is 30.0 Å². The van der Waals surface area contributed by atoms with Crippen molar-refractivity contribution < 1.29 is 13.0 Å². The van der Waals surface area contributed by atoms with Crippen LogP contribution in [0.5, 0.6) is 0 Å². The van der Waals surface area contributed by atoms with Gasteiger partial charge in [-0.2, -0.15) is 5.10 Å². The van der Waals surface area contributed by atoms with Crippen molar-refractivity contribution in [3.8, 4) is 0 Å². The van der Waals surface area contributed by atoms with Gasteiger partial charge in [0.15, 0.2) is 5.52 Å². The maximum Gasteiger partial charge on any atom is 0.265 e. The molecule has 2 aromatic heterocycles. The Morgan fingerprint density at radius 2 is 2.10 bits per heavy atom. The molecule has 0 spiro atoms. The zero-order chi connectivity index (χ0) is 14.3. The highest BCUT2D eigenvalue weighted by molar-refractivity contribution is 7.93. The van der Waals surface area contributed by atoms with Crippen molar-refractivity contribution in [3.63, 3.8) is 0 Å². The van der Waals surface area contributed by atoms with Crippen LogP contribution in [0.2, 0.25) is 0 Å². The Morgan fingerprint density at radius 1 is 1.30 bits per heavy atom. The van der Waals surface area contributed by atoms with Gasteiger partial charge in [-0.3, -0.25) is 9.40 Å². The number of rotatable bonds is 3. The van der Waals surface area contributed by atoms with Crippen molar-refractivity contribution in [2.45, 2.75) is 11.8 Å². The van der Waals surface area contributed by atoms with E-state index >= 15 is 0 Å². The summed E-state index contributed by atoms with van der Waals surface area (Å²) in [5, 5.41) is 11.3. The second-order valence-corrected chi connectivity index (χ2v) is 5.94. The number of benzene rings is 1. The smallest absolute Gasteiger partial charge is 0.263 e. The summed E-state index contributed by atoms with van der Waals surface area (Å²) in [5.74, 6) is 0.371. The highest BCUT2D eigenvalue weighted by atomic mass is 32.2. The van der Waals surface area contributed by atoms with Gasteiger partial charge in [-0.15, -0.1) is 0 Å². The van der Waals surface area contributed by atoms with E-state index in [9.17, 15) is 8.42 Å². The van der Waals surface area contributed by atoms with Crippen LogP contribution in [0.15, 0.2) is 33.8 Å². The summed E-state index contributed by atoms with van der Waals surface area (Å²) in [7, 11) is -2.14. The molecule has 104 valence electrons. The molecule has 0 radical (unpaired) electrons. The first-order valence-electron chi connectivity index (χ1n) is 5.72. The minimum absolute atomic E-state index is 0.00935. The molecule has 0 aliphatic heterocycles. The number of aryl methyl sites for hydroxylation is 2. The zero-order valence-corrected chi connectivity index (χ0v) is 11.5. The van der Waals surface area contributed by atoms with Crippen LogP contribution in [0, 0.1) is 6.92 Å². The molecule has 0 aliphatic rings. The molecule has 0 amide bonds. The lowest BCUT2D eigenvalue weighted by Gasteiger charge is -2.07. The molecule has 0 saturated carbocycles. The first kappa shape index (κ1) is 12.6. The fraction of sp³-hybridized carbons (Fsp3) is 0.182. The summed E-state index contributed by atoms with van der Waals surface area (Å²) in [6.07, 6.45) is 0. The van der Waals surface area contributed by atoms with E-state index in [4.69, 9.17) is 0 Å². The number of hydrogen-bond acceptors (Lipinski definition) is 6. The average molecular weight is 293 g/mol. The molecule has 0 atom stereocenters. The normalized spacial score (nSPS) is 11.9. The number of sulfonamides is 1. The van der Waals surface area contributed by atoms with Crippen LogP contribution >= 0.6 is 0 Å². The Balaban J connectivity index is 2.08. The van der Waals surface area contributed by atoms with Gasteiger partial charge in [0.25, 0.3) is 10.0 Å². The van der Waals surface area contributed by atoms with Gasteiger partial charge in [0, 0.05) is 13.1 Å². The Labute approximate surface area is 114 Å². The molecular weight excluding hydrogens is 282 g/mol. The molecule has 20 heavy (non-hydrogen) atoms. The SMILES string of the molecule is Cc1cc(NS(=O)(=O)c2cccc3nonc23)n(C)n1. The number of nitrogens with zero attached hydrogens (tertiary/aromatic N) is 4. The number of aromatic nitrogens is 4. The Hall–Kier alpha value is -2.42. The molecule has 3 aromatic rings. The second kappa shape index (κ2) is 4.30. The quantitative estimate of drug-likeness (QED) is 0.774. The minimum Gasteiger partial charge on any atom is -0.263 e. The number of nitrogens with one attached hydrogen (secondary N) is 1. The molecule has 1 aromatic carbocycles. The van der Waals surface area contributed by atoms with E-state index in [1.165, 1.54) is 10.7 Å². The highest BCUT2D eigenvalue weighted by Crippen LogP contribution is 2.22. The molecular formula is C11H11N5O3S. The van der Waals surface area contributed by atoms with Gasteiger partial charge in [0.2, 0.25) is 0 Å². The van der Waals surface area contributed by atoms with E-state index in [2.05, 4.69) is 24.8 Å². The van der Waals surface area contributed by atoms with E-state index in [0.29, 0.717) is 17.0 Å². The van der Waals surface area contributed by atoms with Crippen LogP contribution in [0.25, 0.3) is 11.0 Å². The van der Waals surface area contributed by atoms with Crippen molar-refractivity contribution >= 4 is 26.9 Å². The molecule has 8 nitrogen and oxygen atoms in total. The Morgan fingerprint density at radius 3 is 2.80 bits per heavy atom. The van der Waals surface area contributed by atoms with Crippen molar-refractivity contribution in [1.29, 1.82) is 0 Å². The molecule has 0 unspecified atom stereocenters. The summed E-state index contributed by atoms with van der Waals surface area (Å²) in [4.78, 5) is 0.00935. The van der Waals surface area contributed by atoms with Gasteiger partial charge in [-0.25, -0.2) is 13.0 Å². The highest BCUT2D eigenvalue weighted by Gasteiger charge is 2.21.